The summed E-state index contributed by atoms with van der Waals surface area (Å²) in [6, 6.07) is 3.76. The van der Waals surface area contributed by atoms with Crippen LogP contribution in [-0.2, 0) is 9.09 Å². The first-order chi connectivity index (χ1) is 12.6. The zero-order chi connectivity index (χ0) is 18.5. The Morgan fingerprint density at radius 3 is 2.69 bits per heavy atom. The van der Waals surface area contributed by atoms with Gasteiger partial charge >= 0.3 is 8.25 Å². The van der Waals surface area contributed by atoms with Gasteiger partial charge in [-0.05, 0) is 31.2 Å². The molecule has 2 unspecified atom stereocenters. The van der Waals surface area contributed by atoms with Crippen LogP contribution in [0.4, 0.5) is 5.82 Å². The second-order valence-corrected chi connectivity index (χ2v) is 7.10. The maximum Gasteiger partial charge on any atom is 0.316 e. The minimum atomic E-state index is -2.86. The van der Waals surface area contributed by atoms with E-state index in [1.807, 2.05) is 12.1 Å². The van der Waals surface area contributed by atoms with Crippen LogP contribution in [0.25, 0.3) is 10.9 Å². The highest BCUT2D eigenvalue weighted by Gasteiger charge is 2.21. The lowest BCUT2D eigenvalue weighted by atomic mass is 10.0. The number of ether oxygens (including phenoxy) is 2. The Bertz CT molecular complexity index is 788. The van der Waals surface area contributed by atoms with Gasteiger partial charge < -0.3 is 23.8 Å². The van der Waals surface area contributed by atoms with E-state index in [1.165, 1.54) is 0 Å². The van der Waals surface area contributed by atoms with Crippen molar-refractivity contribution in [3.63, 3.8) is 0 Å². The lowest BCUT2D eigenvalue weighted by Gasteiger charge is -2.23. The summed E-state index contributed by atoms with van der Waals surface area (Å²) in [6.45, 7) is 2.00. The Hall–Kier alpha value is -1.89. The number of hydrogen-bond acceptors (Lipinski definition) is 7. The van der Waals surface area contributed by atoms with Crippen LogP contribution in [0.1, 0.15) is 19.3 Å². The number of benzene rings is 1. The molecule has 8 nitrogen and oxygen atoms in total. The lowest BCUT2D eigenvalue weighted by molar-refractivity contribution is 0.221. The van der Waals surface area contributed by atoms with Gasteiger partial charge in [-0.1, -0.05) is 0 Å². The van der Waals surface area contributed by atoms with Gasteiger partial charge in [-0.15, -0.1) is 0 Å². The van der Waals surface area contributed by atoms with Crippen LogP contribution in [0.3, 0.4) is 0 Å². The molecule has 2 aromatic rings. The van der Waals surface area contributed by atoms with E-state index in [9.17, 15) is 4.57 Å². The molecule has 0 aliphatic carbocycles. The highest BCUT2D eigenvalue weighted by atomic mass is 31.1. The summed E-state index contributed by atoms with van der Waals surface area (Å²) in [6.07, 6.45) is 4.38. The van der Waals surface area contributed by atoms with Gasteiger partial charge in [0.25, 0.3) is 0 Å². The van der Waals surface area contributed by atoms with E-state index in [2.05, 4.69) is 14.9 Å². The molecule has 2 atom stereocenters. The van der Waals surface area contributed by atoms with Gasteiger partial charge in [-0.2, -0.15) is 0 Å². The number of aromatic nitrogens is 2. The number of hydrogen-bond donors (Lipinski definition) is 1. The third-order valence-electron chi connectivity index (χ3n) is 4.71. The number of nitrogens with zero attached hydrogens (tertiary/aromatic N) is 3. The Morgan fingerprint density at radius 2 is 1.96 bits per heavy atom. The molecule has 1 aromatic heterocycles. The van der Waals surface area contributed by atoms with Gasteiger partial charge in [0.2, 0.25) is 0 Å². The zero-order valence-electron chi connectivity index (χ0n) is 15.0. The van der Waals surface area contributed by atoms with Crippen LogP contribution in [0.5, 0.6) is 11.5 Å². The first kappa shape index (κ1) is 18.9. The second-order valence-electron chi connectivity index (χ2n) is 6.28. The summed E-state index contributed by atoms with van der Waals surface area (Å²) in [5.41, 5.74) is 0.802. The molecule has 3 rings (SSSR count). The highest BCUT2D eigenvalue weighted by Crippen LogP contribution is 2.35. The highest BCUT2D eigenvalue weighted by molar-refractivity contribution is 7.32. The summed E-state index contributed by atoms with van der Waals surface area (Å²) in [5.74, 6) is 2.43. The molecule has 0 saturated carbocycles. The smallest absolute Gasteiger partial charge is 0.316 e. The van der Waals surface area contributed by atoms with E-state index >= 15 is 0 Å². The number of anilines is 1. The molecule has 26 heavy (non-hydrogen) atoms. The van der Waals surface area contributed by atoms with Crippen LogP contribution in [0, 0.1) is 5.92 Å². The molecule has 0 radical (unpaired) electrons. The second kappa shape index (κ2) is 8.66. The molecule has 0 amide bonds. The average Bonchev–Trinajstić information content (AvgIpc) is 2.90. The van der Waals surface area contributed by atoms with Gasteiger partial charge in [0.15, 0.2) is 11.5 Å². The molecule has 2 heterocycles. The Labute approximate surface area is 153 Å². The number of fused-ring (bicyclic) bond motifs is 1. The summed E-state index contributed by atoms with van der Waals surface area (Å²) in [7, 11) is 0.346. The summed E-state index contributed by atoms with van der Waals surface area (Å²) in [5, 5.41) is 0.917. The van der Waals surface area contributed by atoms with Crippen molar-refractivity contribution in [1.82, 2.24) is 9.97 Å². The molecule has 0 spiro atoms. The van der Waals surface area contributed by atoms with Crippen molar-refractivity contribution in [2.45, 2.75) is 19.3 Å². The third kappa shape index (κ3) is 4.26. The van der Waals surface area contributed by atoms with Crippen molar-refractivity contribution in [2.75, 3.05) is 38.8 Å². The van der Waals surface area contributed by atoms with Crippen molar-refractivity contribution in [3.05, 3.63) is 18.5 Å². The molecule has 1 aliphatic rings. The fourth-order valence-electron chi connectivity index (χ4n) is 3.35. The zero-order valence-corrected chi connectivity index (χ0v) is 16.0. The predicted octanol–water partition coefficient (Wildman–Crippen LogP) is 2.65. The predicted molar refractivity (Wildman–Crippen MR) is 99.4 cm³/mol. The third-order valence-corrected chi connectivity index (χ3v) is 5.12. The molecular weight excluding hydrogens is 357 g/mol. The Morgan fingerprint density at radius 1 is 1.19 bits per heavy atom. The fourth-order valence-corrected chi connectivity index (χ4v) is 3.73. The standard InChI is InChI=1S/C17H24N3O5P/c1-23-15-8-13-14(9-16(15)24-2)18-11-19-17(13)20-6-3-4-12(5-7-20)10-25-26(21)22/h8-9,11-12,26H,3-7,10H2,1-2H3,(H,21,22). The Kier molecular flexibility index (Phi) is 6.29. The molecule has 1 N–H and O–H groups in total. The lowest BCUT2D eigenvalue weighted by Crippen LogP contribution is -2.25. The summed E-state index contributed by atoms with van der Waals surface area (Å²) < 4.78 is 26.5. The van der Waals surface area contributed by atoms with E-state index in [1.54, 1.807) is 20.5 Å². The molecule has 9 heteroatoms. The van der Waals surface area contributed by atoms with Gasteiger partial charge in [0.1, 0.15) is 12.1 Å². The topological polar surface area (TPSA) is 94.0 Å². The van der Waals surface area contributed by atoms with Crippen LogP contribution in [0.15, 0.2) is 18.5 Å². The number of rotatable bonds is 6. The van der Waals surface area contributed by atoms with E-state index in [0.29, 0.717) is 18.1 Å². The molecule has 1 saturated heterocycles. The van der Waals surface area contributed by atoms with Crippen molar-refractivity contribution < 1.29 is 23.5 Å². The van der Waals surface area contributed by atoms with Gasteiger partial charge in [0.05, 0.1) is 26.3 Å². The maximum absolute atomic E-state index is 10.8. The average molecular weight is 381 g/mol. The van der Waals surface area contributed by atoms with Crippen molar-refractivity contribution in [2.24, 2.45) is 5.92 Å². The van der Waals surface area contributed by atoms with Gasteiger partial charge in [-0.3, -0.25) is 4.57 Å². The minimum absolute atomic E-state index is 0.281. The van der Waals surface area contributed by atoms with E-state index in [4.69, 9.17) is 18.9 Å². The van der Waals surface area contributed by atoms with Crippen LogP contribution >= 0.6 is 8.25 Å². The van der Waals surface area contributed by atoms with Crippen LogP contribution < -0.4 is 14.4 Å². The molecule has 1 aromatic carbocycles. The van der Waals surface area contributed by atoms with E-state index < -0.39 is 8.25 Å². The summed E-state index contributed by atoms with van der Waals surface area (Å²) >= 11 is 0. The molecule has 0 bridgehead atoms. The summed E-state index contributed by atoms with van der Waals surface area (Å²) in [4.78, 5) is 20.0. The van der Waals surface area contributed by atoms with E-state index in [-0.39, 0.29) is 5.92 Å². The SMILES string of the molecule is COc1cc2ncnc(N3CCCC(CO[PH](=O)O)CC3)c2cc1OC. The largest absolute Gasteiger partial charge is 0.493 e. The minimum Gasteiger partial charge on any atom is -0.493 e. The first-order valence-electron chi connectivity index (χ1n) is 8.59. The fraction of sp³-hybridized carbons (Fsp3) is 0.529. The van der Waals surface area contributed by atoms with Crippen LogP contribution in [0.2, 0.25) is 0 Å². The number of methoxy groups -OCH3 is 2. The van der Waals surface area contributed by atoms with Gasteiger partial charge in [0, 0.05) is 24.5 Å². The monoisotopic (exact) mass is 381 g/mol. The van der Waals surface area contributed by atoms with Crippen molar-refractivity contribution >= 4 is 25.0 Å². The first-order valence-corrected chi connectivity index (χ1v) is 9.86. The molecule has 142 valence electrons. The van der Waals surface area contributed by atoms with Crippen molar-refractivity contribution in [3.8, 4) is 11.5 Å². The molecule has 1 aliphatic heterocycles. The van der Waals surface area contributed by atoms with Crippen molar-refractivity contribution in [1.29, 1.82) is 0 Å². The van der Waals surface area contributed by atoms with Gasteiger partial charge in [-0.25, -0.2) is 9.97 Å². The normalized spacial score (nSPS) is 19.2. The molecular formula is C17H24N3O5P. The Balaban J connectivity index is 1.84. The quantitative estimate of drug-likeness (QED) is 0.764. The maximum atomic E-state index is 10.8. The van der Waals surface area contributed by atoms with E-state index in [0.717, 1.165) is 49.1 Å². The van der Waals surface area contributed by atoms with Crippen LogP contribution in [-0.4, -0.2) is 48.8 Å². The molecule has 1 fully saturated rings.